The summed E-state index contributed by atoms with van der Waals surface area (Å²) in [5, 5.41) is 10.5. The van der Waals surface area contributed by atoms with E-state index in [2.05, 4.69) is 45.2 Å². The Balaban J connectivity index is 1.37. The molecule has 0 atom stereocenters. The molecule has 2 aromatic heterocycles. The molecule has 27 heavy (non-hydrogen) atoms. The Hall–Kier alpha value is -2.18. The zero-order chi connectivity index (χ0) is 18.6. The summed E-state index contributed by atoms with van der Waals surface area (Å²) in [6.07, 6.45) is 4.68. The number of nitrogens with one attached hydrogen (secondary N) is 2. The van der Waals surface area contributed by atoms with E-state index in [1.807, 2.05) is 37.6 Å². The van der Waals surface area contributed by atoms with Crippen LogP contribution in [-0.2, 0) is 6.54 Å². The SMILES string of the molecule is CN(C)c1nc(N[C@H]2CC[C@@H](NCc3cccs3)CC2)nc2ccccc12. The van der Waals surface area contributed by atoms with Gasteiger partial charge in [-0.15, -0.1) is 11.3 Å². The first-order valence-electron chi connectivity index (χ1n) is 9.65. The minimum atomic E-state index is 0.445. The molecule has 5 nitrogen and oxygen atoms in total. The lowest BCUT2D eigenvalue weighted by molar-refractivity contribution is 0.353. The van der Waals surface area contributed by atoms with Crippen LogP contribution in [0.3, 0.4) is 0 Å². The van der Waals surface area contributed by atoms with E-state index in [4.69, 9.17) is 9.97 Å². The first-order chi connectivity index (χ1) is 13.2. The fourth-order valence-corrected chi connectivity index (χ4v) is 4.40. The summed E-state index contributed by atoms with van der Waals surface area (Å²) in [6.45, 7) is 0.987. The molecule has 1 saturated carbocycles. The van der Waals surface area contributed by atoms with E-state index in [1.54, 1.807) is 0 Å². The Morgan fingerprint density at radius 1 is 1.00 bits per heavy atom. The van der Waals surface area contributed by atoms with Gasteiger partial charge in [-0.2, -0.15) is 4.98 Å². The topological polar surface area (TPSA) is 53.1 Å². The van der Waals surface area contributed by atoms with Gasteiger partial charge in [-0.05, 0) is 49.3 Å². The van der Waals surface area contributed by atoms with Gasteiger partial charge in [0.1, 0.15) is 5.82 Å². The van der Waals surface area contributed by atoms with Crippen molar-refractivity contribution in [2.45, 2.75) is 44.3 Å². The van der Waals surface area contributed by atoms with Crippen LogP contribution in [0, 0.1) is 0 Å². The third-order valence-corrected chi connectivity index (χ3v) is 6.09. The zero-order valence-electron chi connectivity index (χ0n) is 16.0. The lowest BCUT2D eigenvalue weighted by atomic mass is 9.91. The summed E-state index contributed by atoms with van der Waals surface area (Å²) in [4.78, 5) is 13.0. The van der Waals surface area contributed by atoms with Crippen molar-refractivity contribution in [1.29, 1.82) is 0 Å². The number of rotatable bonds is 6. The van der Waals surface area contributed by atoms with Gasteiger partial charge in [0, 0.05) is 43.0 Å². The average molecular weight is 382 g/mol. The van der Waals surface area contributed by atoms with Gasteiger partial charge in [0.05, 0.1) is 5.52 Å². The van der Waals surface area contributed by atoms with Crippen molar-refractivity contribution in [3.8, 4) is 0 Å². The van der Waals surface area contributed by atoms with Crippen LogP contribution in [-0.4, -0.2) is 36.1 Å². The Kier molecular flexibility index (Phi) is 5.55. The third-order valence-electron chi connectivity index (χ3n) is 5.21. The number of aromatic nitrogens is 2. The lowest BCUT2D eigenvalue weighted by Gasteiger charge is -2.30. The smallest absolute Gasteiger partial charge is 0.225 e. The fraction of sp³-hybridized carbons (Fsp3) is 0.429. The summed E-state index contributed by atoms with van der Waals surface area (Å²) < 4.78 is 0. The van der Waals surface area contributed by atoms with Gasteiger partial charge in [0.2, 0.25) is 5.95 Å². The van der Waals surface area contributed by atoms with Crippen molar-refractivity contribution in [2.24, 2.45) is 0 Å². The Morgan fingerprint density at radius 2 is 1.78 bits per heavy atom. The summed E-state index contributed by atoms with van der Waals surface area (Å²) in [5.74, 6) is 1.71. The first kappa shape index (κ1) is 18.2. The van der Waals surface area contributed by atoms with E-state index in [-0.39, 0.29) is 0 Å². The normalized spacial score (nSPS) is 19.9. The summed E-state index contributed by atoms with van der Waals surface area (Å²) in [7, 11) is 4.06. The molecular weight excluding hydrogens is 354 g/mol. The van der Waals surface area contributed by atoms with Crippen LogP contribution in [0.25, 0.3) is 10.9 Å². The van der Waals surface area contributed by atoms with Crippen LogP contribution >= 0.6 is 11.3 Å². The molecule has 0 unspecified atom stereocenters. The minimum Gasteiger partial charge on any atom is -0.362 e. The highest BCUT2D eigenvalue weighted by Crippen LogP contribution is 2.26. The predicted octanol–water partition coefficient (Wildman–Crippen LogP) is 4.27. The van der Waals surface area contributed by atoms with E-state index in [0.29, 0.717) is 12.1 Å². The second kappa shape index (κ2) is 8.23. The van der Waals surface area contributed by atoms with E-state index in [9.17, 15) is 0 Å². The van der Waals surface area contributed by atoms with E-state index in [1.165, 1.54) is 17.7 Å². The molecule has 2 N–H and O–H groups in total. The Morgan fingerprint density at radius 3 is 2.52 bits per heavy atom. The van der Waals surface area contributed by atoms with Crippen molar-refractivity contribution in [1.82, 2.24) is 15.3 Å². The van der Waals surface area contributed by atoms with Crippen molar-refractivity contribution >= 4 is 34.0 Å². The van der Waals surface area contributed by atoms with Crippen LogP contribution < -0.4 is 15.5 Å². The Labute approximate surface area is 164 Å². The lowest BCUT2D eigenvalue weighted by Crippen LogP contribution is -2.36. The zero-order valence-corrected chi connectivity index (χ0v) is 16.8. The molecule has 0 amide bonds. The van der Waals surface area contributed by atoms with Gasteiger partial charge < -0.3 is 15.5 Å². The predicted molar refractivity (Wildman–Crippen MR) is 115 cm³/mol. The molecule has 1 aliphatic carbocycles. The molecule has 142 valence electrons. The molecule has 0 bridgehead atoms. The van der Waals surface area contributed by atoms with Crippen molar-refractivity contribution in [2.75, 3.05) is 24.3 Å². The van der Waals surface area contributed by atoms with Crippen LogP contribution in [0.2, 0.25) is 0 Å². The van der Waals surface area contributed by atoms with Crippen LogP contribution in [0.4, 0.5) is 11.8 Å². The largest absolute Gasteiger partial charge is 0.362 e. The highest BCUT2D eigenvalue weighted by atomic mass is 32.1. The molecule has 1 aromatic carbocycles. The molecule has 0 aliphatic heterocycles. The summed E-state index contributed by atoms with van der Waals surface area (Å²) in [5.41, 5.74) is 0.991. The number of fused-ring (bicyclic) bond motifs is 1. The number of para-hydroxylation sites is 1. The maximum absolute atomic E-state index is 4.77. The van der Waals surface area contributed by atoms with Gasteiger partial charge in [-0.1, -0.05) is 18.2 Å². The van der Waals surface area contributed by atoms with Crippen LogP contribution in [0.1, 0.15) is 30.6 Å². The van der Waals surface area contributed by atoms with Crippen LogP contribution in [0.15, 0.2) is 41.8 Å². The minimum absolute atomic E-state index is 0.445. The molecule has 1 aliphatic rings. The van der Waals surface area contributed by atoms with Crippen molar-refractivity contribution in [3.05, 3.63) is 46.7 Å². The number of benzene rings is 1. The quantitative estimate of drug-likeness (QED) is 0.668. The third kappa shape index (κ3) is 4.39. The fourth-order valence-electron chi connectivity index (χ4n) is 3.75. The molecule has 2 heterocycles. The van der Waals surface area contributed by atoms with Gasteiger partial charge in [0.15, 0.2) is 0 Å². The second-order valence-electron chi connectivity index (χ2n) is 7.44. The summed E-state index contributed by atoms with van der Waals surface area (Å²) >= 11 is 1.82. The van der Waals surface area contributed by atoms with Gasteiger partial charge in [-0.25, -0.2) is 4.98 Å². The maximum atomic E-state index is 4.77. The Bertz CT molecular complexity index is 869. The molecule has 1 fully saturated rings. The molecular formula is C21H27N5S. The standard InChI is InChI=1S/C21H27N5S/c1-26(2)20-18-7-3-4-8-19(18)24-21(25-20)23-16-11-9-15(10-12-16)22-14-17-6-5-13-27-17/h3-8,13,15-16,22H,9-12,14H2,1-2H3,(H,23,24,25)/t15-,16+. The van der Waals surface area contributed by atoms with Gasteiger partial charge in [0.25, 0.3) is 0 Å². The number of anilines is 2. The molecule has 3 aromatic rings. The monoisotopic (exact) mass is 381 g/mol. The van der Waals surface area contributed by atoms with E-state index < -0.39 is 0 Å². The second-order valence-corrected chi connectivity index (χ2v) is 8.47. The molecule has 0 spiro atoms. The molecule has 6 heteroatoms. The van der Waals surface area contributed by atoms with Crippen molar-refractivity contribution < 1.29 is 0 Å². The van der Waals surface area contributed by atoms with E-state index in [0.717, 1.165) is 42.1 Å². The number of thiophene rings is 1. The van der Waals surface area contributed by atoms with E-state index >= 15 is 0 Å². The molecule has 4 rings (SSSR count). The molecule has 0 radical (unpaired) electrons. The maximum Gasteiger partial charge on any atom is 0.225 e. The summed E-state index contributed by atoms with van der Waals surface area (Å²) in [6, 6.07) is 13.6. The van der Waals surface area contributed by atoms with Crippen molar-refractivity contribution in [3.63, 3.8) is 0 Å². The highest BCUT2D eigenvalue weighted by molar-refractivity contribution is 7.09. The van der Waals surface area contributed by atoms with Gasteiger partial charge >= 0.3 is 0 Å². The molecule has 0 saturated heterocycles. The van der Waals surface area contributed by atoms with Crippen LogP contribution in [0.5, 0.6) is 0 Å². The highest BCUT2D eigenvalue weighted by Gasteiger charge is 2.22. The average Bonchev–Trinajstić information content (AvgIpc) is 3.20. The number of nitrogens with zero attached hydrogens (tertiary/aromatic N) is 3. The number of hydrogen-bond acceptors (Lipinski definition) is 6. The number of hydrogen-bond donors (Lipinski definition) is 2. The first-order valence-corrected chi connectivity index (χ1v) is 10.5. The van der Waals surface area contributed by atoms with Gasteiger partial charge in [-0.3, -0.25) is 0 Å².